The van der Waals surface area contributed by atoms with Crippen LogP contribution in [0.5, 0.6) is 0 Å². The standard InChI is InChI=1S/C12H16N2O2/c1-3-12-10(9-15)7-11(8-13)14(12)5-4-6-16-2/h7,9H,3-6H2,1-2H3. The van der Waals surface area contributed by atoms with E-state index in [2.05, 4.69) is 6.07 Å². The third kappa shape index (κ3) is 2.50. The van der Waals surface area contributed by atoms with Crippen LogP contribution in [0, 0.1) is 11.3 Å². The molecular weight excluding hydrogens is 204 g/mol. The van der Waals surface area contributed by atoms with Crippen molar-refractivity contribution in [3.05, 3.63) is 23.0 Å². The highest BCUT2D eigenvalue weighted by atomic mass is 16.5. The van der Waals surface area contributed by atoms with Gasteiger partial charge in [-0.2, -0.15) is 5.26 Å². The van der Waals surface area contributed by atoms with Gasteiger partial charge in [-0.3, -0.25) is 4.79 Å². The largest absolute Gasteiger partial charge is 0.385 e. The fourth-order valence-corrected chi connectivity index (χ4v) is 1.82. The van der Waals surface area contributed by atoms with E-state index in [4.69, 9.17) is 10.00 Å². The summed E-state index contributed by atoms with van der Waals surface area (Å²) in [5.41, 5.74) is 2.11. The van der Waals surface area contributed by atoms with Crippen molar-refractivity contribution in [3.8, 4) is 6.07 Å². The number of ether oxygens (including phenoxy) is 1. The van der Waals surface area contributed by atoms with E-state index in [9.17, 15) is 4.79 Å². The summed E-state index contributed by atoms with van der Waals surface area (Å²) in [6.07, 6.45) is 2.40. The molecule has 0 saturated heterocycles. The van der Waals surface area contributed by atoms with Gasteiger partial charge in [0.15, 0.2) is 6.29 Å². The lowest BCUT2D eigenvalue weighted by molar-refractivity contribution is 0.112. The third-order valence-corrected chi connectivity index (χ3v) is 2.55. The van der Waals surface area contributed by atoms with E-state index < -0.39 is 0 Å². The van der Waals surface area contributed by atoms with Crippen LogP contribution in [0.1, 0.15) is 35.1 Å². The summed E-state index contributed by atoms with van der Waals surface area (Å²) in [4.78, 5) is 10.9. The van der Waals surface area contributed by atoms with Crippen LogP contribution >= 0.6 is 0 Å². The normalized spacial score (nSPS) is 10.1. The molecule has 1 aromatic heterocycles. The highest BCUT2D eigenvalue weighted by Gasteiger charge is 2.12. The Hall–Kier alpha value is -1.60. The highest BCUT2D eigenvalue weighted by Crippen LogP contribution is 2.15. The van der Waals surface area contributed by atoms with Crippen molar-refractivity contribution in [1.29, 1.82) is 5.26 Å². The zero-order valence-corrected chi connectivity index (χ0v) is 9.69. The van der Waals surface area contributed by atoms with Gasteiger partial charge in [-0.25, -0.2) is 0 Å². The number of nitriles is 1. The molecule has 0 aliphatic carbocycles. The third-order valence-electron chi connectivity index (χ3n) is 2.55. The molecule has 1 rings (SSSR count). The lowest BCUT2D eigenvalue weighted by Gasteiger charge is -2.09. The number of carbonyl (C=O) groups is 1. The first kappa shape index (κ1) is 12.5. The fraction of sp³-hybridized carbons (Fsp3) is 0.500. The maximum atomic E-state index is 10.9. The van der Waals surface area contributed by atoms with Crippen LogP contribution in [-0.2, 0) is 17.7 Å². The maximum Gasteiger partial charge on any atom is 0.151 e. The Morgan fingerprint density at radius 3 is 2.88 bits per heavy atom. The average molecular weight is 220 g/mol. The number of methoxy groups -OCH3 is 1. The first-order chi connectivity index (χ1) is 7.78. The van der Waals surface area contributed by atoms with Crippen LogP contribution in [0.4, 0.5) is 0 Å². The second-order valence-corrected chi connectivity index (χ2v) is 3.51. The monoisotopic (exact) mass is 220 g/mol. The molecule has 16 heavy (non-hydrogen) atoms. The van der Waals surface area contributed by atoms with Gasteiger partial charge in [0.05, 0.1) is 0 Å². The summed E-state index contributed by atoms with van der Waals surface area (Å²) in [6, 6.07) is 3.77. The van der Waals surface area contributed by atoms with E-state index in [0.717, 1.165) is 24.8 Å². The van der Waals surface area contributed by atoms with Gasteiger partial charge in [0.1, 0.15) is 11.8 Å². The number of aromatic nitrogens is 1. The fourth-order valence-electron chi connectivity index (χ4n) is 1.82. The van der Waals surface area contributed by atoms with Crippen LogP contribution in [-0.4, -0.2) is 24.6 Å². The number of hydrogen-bond donors (Lipinski definition) is 0. The summed E-state index contributed by atoms with van der Waals surface area (Å²) < 4.78 is 6.88. The molecule has 0 atom stereocenters. The number of carbonyl (C=O) groups excluding carboxylic acids is 1. The van der Waals surface area contributed by atoms with Crippen LogP contribution in [0.3, 0.4) is 0 Å². The molecule has 0 radical (unpaired) electrons. The first-order valence-electron chi connectivity index (χ1n) is 5.35. The predicted molar refractivity (Wildman–Crippen MR) is 60.4 cm³/mol. The SMILES string of the molecule is CCc1c(C=O)cc(C#N)n1CCCOC. The molecule has 0 saturated carbocycles. The molecule has 0 amide bonds. The summed E-state index contributed by atoms with van der Waals surface area (Å²) >= 11 is 0. The smallest absolute Gasteiger partial charge is 0.151 e. The molecule has 0 aliphatic heterocycles. The Kier molecular flexibility index (Phi) is 4.74. The molecule has 1 aromatic rings. The van der Waals surface area contributed by atoms with Gasteiger partial charge in [0.25, 0.3) is 0 Å². The molecule has 86 valence electrons. The Morgan fingerprint density at radius 2 is 2.38 bits per heavy atom. The van der Waals surface area contributed by atoms with Crippen molar-refractivity contribution in [2.24, 2.45) is 0 Å². The van der Waals surface area contributed by atoms with Gasteiger partial charge in [-0.15, -0.1) is 0 Å². The van der Waals surface area contributed by atoms with Gasteiger partial charge >= 0.3 is 0 Å². The summed E-state index contributed by atoms with van der Waals surface area (Å²) in [5, 5.41) is 8.99. The lowest BCUT2D eigenvalue weighted by Crippen LogP contribution is -2.07. The van der Waals surface area contributed by atoms with E-state index in [-0.39, 0.29) is 0 Å². The molecule has 1 heterocycles. The number of hydrogen-bond acceptors (Lipinski definition) is 3. The van der Waals surface area contributed by atoms with Crippen molar-refractivity contribution >= 4 is 6.29 Å². The lowest BCUT2D eigenvalue weighted by atomic mass is 10.2. The van der Waals surface area contributed by atoms with Gasteiger partial charge in [-0.1, -0.05) is 6.92 Å². The first-order valence-corrected chi connectivity index (χ1v) is 5.35. The summed E-state index contributed by atoms with van der Waals surface area (Å²) in [7, 11) is 1.65. The van der Waals surface area contributed by atoms with Gasteiger partial charge in [-0.05, 0) is 18.9 Å². The van der Waals surface area contributed by atoms with E-state index in [1.54, 1.807) is 13.2 Å². The minimum Gasteiger partial charge on any atom is -0.385 e. The van der Waals surface area contributed by atoms with Crippen molar-refractivity contribution in [2.45, 2.75) is 26.3 Å². The van der Waals surface area contributed by atoms with Crippen molar-refractivity contribution in [2.75, 3.05) is 13.7 Å². The Morgan fingerprint density at radius 1 is 1.62 bits per heavy atom. The van der Waals surface area contributed by atoms with Crippen molar-refractivity contribution in [1.82, 2.24) is 4.57 Å². The van der Waals surface area contributed by atoms with Crippen LogP contribution in [0.2, 0.25) is 0 Å². The second-order valence-electron chi connectivity index (χ2n) is 3.51. The van der Waals surface area contributed by atoms with E-state index in [1.165, 1.54) is 0 Å². The van der Waals surface area contributed by atoms with E-state index in [1.807, 2.05) is 11.5 Å². The molecule has 0 bridgehead atoms. The molecule has 4 nitrogen and oxygen atoms in total. The molecule has 0 aliphatic rings. The summed E-state index contributed by atoms with van der Waals surface area (Å²) in [5.74, 6) is 0. The van der Waals surface area contributed by atoms with Crippen molar-refractivity contribution < 1.29 is 9.53 Å². The average Bonchev–Trinajstić information content (AvgIpc) is 2.66. The van der Waals surface area contributed by atoms with Crippen LogP contribution < -0.4 is 0 Å². The number of nitrogens with zero attached hydrogens (tertiary/aromatic N) is 2. The Bertz CT molecular complexity index is 402. The zero-order valence-electron chi connectivity index (χ0n) is 9.69. The van der Waals surface area contributed by atoms with Crippen LogP contribution in [0.25, 0.3) is 0 Å². The van der Waals surface area contributed by atoms with Gasteiger partial charge < -0.3 is 9.30 Å². The molecular formula is C12H16N2O2. The Labute approximate surface area is 95.4 Å². The second kappa shape index (κ2) is 6.09. The maximum absolute atomic E-state index is 10.9. The van der Waals surface area contributed by atoms with E-state index in [0.29, 0.717) is 24.4 Å². The molecule has 0 unspecified atom stereocenters. The highest BCUT2D eigenvalue weighted by molar-refractivity contribution is 5.77. The molecule has 0 aromatic carbocycles. The zero-order chi connectivity index (χ0) is 12.0. The molecule has 0 spiro atoms. The summed E-state index contributed by atoms with van der Waals surface area (Å²) in [6.45, 7) is 3.35. The van der Waals surface area contributed by atoms with Crippen molar-refractivity contribution in [3.63, 3.8) is 0 Å². The topological polar surface area (TPSA) is 55.0 Å². The van der Waals surface area contributed by atoms with Crippen LogP contribution in [0.15, 0.2) is 6.07 Å². The predicted octanol–water partition coefficient (Wildman–Crippen LogP) is 1.77. The number of aldehydes is 1. The minimum absolute atomic E-state index is 0.551. The van der Waals surface area contributed by atoms with Gasteiger partial charge in [0.2, 0.25) is 0 Å². The minimum atomic E-state index is 0.551. The van der Waals surface area contributed by atoms with E-state index >= 15 is 0 Å². The number of rotatable bonds is 6. The molecule has 4 heteroatoms. The quantitative estimate of drug-likeness (QED) is 0.542. The Balaban J connectivity index is 2.98. The molecule has 0 N–H and O–H groups in total. The van der Waals surface area contributed by atoms with Gasteiger partial charge in [0, 0.05) is 31.5 Å². The molecule has 0 fully saturated rings.